The number of halogens is 3. The Morgan fingerprint density at radius 3 is 2.44 bits per heavy atom. The minimum atomic E-state index is -0.969. The number of carbonyl (C=O) groups excluding carboxylic acids is 2. The maximum atomic E-state index is 13.9. The Morgan fingerprint density at radius 1 is 1.03 bits per heavy atom. The second-order valence-corrected chi connectivity index (χ2v) is 7.79. The van der Waals surface area contributed by atoms with Gasteiger partial charge in [-0.3, -0.25) is 9.59 Å². The number of ether oxygens (including phenoxy) is 2. The molecule has 0 radical (unpaired) electrons. The fourth-order valence-electron chi connectivity index (χ4n) is 2.83. The summed E-state index contributed by atoms with van der Waals surface area (Å²) in [6.45, 7) is 1.63. The number of benzene rings is 3. The molecule has 34 heavy (non-hydrogen) atoms. The summed E-state index contributed by atoms with van der Waals surface area (Å²) in [6, 6.07) is 15.8. The van der Waals surface area contributed by atoms with Crippen LogP contribution in [0.4, 0.5) is 10.1 Å². The van der Waals surface area contributed by atoms with Crippen molar-refractivity contribution >= 4 is 46.4 Å². The van der Waals surface area contributed by atoms with Gasteiger partial charge in [0, 0.05) is 10.6 Å². The highest BCUT2D eigenvalue weighted by Crippen LogP contribution is 2.27. The third kappa shape index (κ3) is 6.46. The van der Waals surface area contributed by atoms with Crippen LogP contribution in [0.3, 0.4) is 0 Å². The van der Waals surface area contributed by atoms with Crippen LogP contribution in [0.5, 0.6) is 11.5 Å². The molecular weight excluding hydrogens is 484 g/mol. The molecule has 10 heteroatoms. The lowest BCUT2D eigenvalue weighted by Gasteiger charge is -2.10. The minimum Gasteiger partial charge on any atom is -0.495 e. The Kier molecular flexibility index (Phi) is 8.45. The van der Waals surface area contributed by atoms with Crippen LogP contribution in [-0.4, -0.2) is 24.6 Å². The van der Waals surface area contributed by atoms with Gasteiger partial charge in [-0.1, -0.05) is 29.3 Å². The molecule has 2 N–H and O–H groups in total. The Bertz CT molecular complexity index is 1210. The molecule has 0 spiro atoms. The maximum Gasteiger partial charge on any atom is 0.329 e. The topological polar surface area (TPSA) is 89.0 Å². The molecule has 0 saturated heterocycles. The van der Waals surface area contributed by atoms with Crippen LogP contribution < -0.4 is 20.2 Å². The molecule has 0 fully saturated rings. The van der Waals surface area contributed by atoms with Gasteiger partial charge in [-0.05, 0) is 67.1 Å². The second-order valence-electron chi connectivity index (χ2n) is 6.95. The lowest BCUT2D eigenvalue weighted by atomic mass is 10.1. The molecule has 3 aromatic carbocycles. The van der Waals surface area contributed by atoms with E-state index >= 15 is 0 Å². The Morgan fingerprint density at radius 2 is 1.76 bits per heavy atom. The number of methoxy groups -OCH3 is 1. The molecule has 0 heterocycles. The van der Waals surface area contributed by atoms with E-state index < -0.39 is 17.6 Å². The molecular formula is C24H20Cl2FN3O4. The number of carbonyl (C=O) groups is 2. The zero-order chi connectivity index (χ0) is 24.7. The molecule has 0 bridgehead atoms. The molecule has 3 aromatic rings. The Hall–Kier alpha value is -3.62. The fourth-order valence-corrected chi connectivity index (χ4v) is 3.21. The highest BCUT2D eigenvalue weighted by atomic mass is 35.5. The standard InChI is InChI=1S/C24H20Cl2FN3O4/c1-14(29-30-24(32)23(31)28-21-12-16(25)8-11-22(21)33-2)15-6-9-17(10-7-15)34-13-18-19(26)4-3-5-20(18)27/h3-12H,13H2,1-2H3,(H,28,31)(H,30,32). The predicted molar refractivity (Wildman–Crippen MR) is 129 cm³/mol. The quantitative estimate of drug-likeness (QED) is 0.263. The van der Waals surface area contributed by atoms with Gasteiger partial charge in [-0.2, -0.15) is 5.10 Å². The Balaban J connectivity index is 1.58. The van der Waals surface area contributed by atoms with E-state index in [0.29, 0.717) is 27.8 Å². The number of hydrogen-bond acceptors (Lipinski definition) is 5. The monoisotopic (exact) mass is 503 g/mol. The number of hydrazone groups is 1. The molecule has 0 aliphatic rings. The van der Waals surface area contributed by atoms with Gasteiger partial charge >= 0.3 is 11.8 Å². The van der Waals surface area contributed by atoms with Gasteiger partial charge in [0.15, 0.2) is 0 Å². The largest absolute Gasteiger partial charge is 0.495 e. The van der Waals surface area contributed by atoms with Crippen molar-refractivity contribution in [1.29, 1.82) is 0 Å². The molecule has 0 aliphatic heterocycles. The zero-order valence-electron chi connectivity index (χ0n) is 18.2. The smallest absolute Gasteiger partial charge is 0.329 e. The molecule has 0 saturated carbocycles. The molecule has 3 rings (SSSR count). The lowest BCUT2D eigenvalue weighted by molar-refractivity contribution is -0.136. The molecule has 0 atom stereocenters. The number of hydrogen-bond donors (Lipinski definition) is 2. The van der Waals surface area contributed by atoms with Crippen LogP contribution in [0.25, 0.3) is 0 Å². The summed E-state index contributed by atoms with van der Waals surface area (Å²) in [6.07, 6.45) is 0. The van der Waals surface area contributed by atoms with Crippen molar-refractivity contribution in [3.05, 3.63) is 87.7 Å². The third-order valence-electron chi connectivity index (χ3n) is 4.66. The van der Waals surface area contributed by atoms with Crippen LogP contribution in [0.15, 0.2) is 65.8 Å². The van der Waals surface area contributed by atoms with Gasteiger partial charge in [0.2, 0.25) is 0 Å². The van der Waals surface area contributed by atoms with Crippen LogP contribution in [-0.2, 0) is 16.2 Å². The molecule has 7 nitrogen and oxygen atoms in total. The van der Waals surface area contributed by atoms with Crippen LogP contribution in [0.2, 0.25) is 10.0 Å². The molecule has 0 unspecified atom stereocenters. The van der Waals surface area contributed by atoms with Gasteiger partial charge in [0.25, 0.3) is 0 Å². The third-order valence-corrected chi connectivity index (χ3v) is 5.25. The summed E-state index contributed by atoms with van der Waals surface area (Å²) in [5, 5.41) is 7.04. The van der Waals surface area contributed by atoms with Crippen molar-refractivity contribution in [2.45, 2.75) is 13.5 Å². The van der Waals surface area contributed by atoms with Gasteiger partial charge in [-0.15, -0.1) is 0 Å². The van der Waals surface area contributed by atoms with Crippen molar-refractivity contribution in [2.24, 2.45) is 5.10 Å². The summed E-state index contributed by atoms with van der Waals surface area (Å²) in [7, 11) is 1.43. The highest BCUT2D eigenvalue weighted by Gasteiger charge is 2.16. The molecule has 0 aliphatic carbocycles. The van der Waals surface area contributed by atoms with Gasteiger partial charge in [0.05, 0.1) is 23.5 Å². The minimum absolute atomic E-state index is 0.0273. The number of rotatable bonds is 7. The number of nitrogens with one attached hydrogen (secondary N) is 2. The summed E-state index contributed by atoms with van der Waals surface area (Å²) in [4.78, 5) is 24.3. The van der Waals surface area contributed by atoms with Gasteiger partial charge < -0.3 is 14.8 Å². The highest BCUT2D eigenvalue weighted by molar-refractivity contribution is 6.40. The first kappa shape index (κ1) is 25.0. The van der Waals surface area contributed by atoms with Crippen molar-refractivity contribution in [3.63, 3.8) is 0 Å². The van der Waals surface area contributed by atoms with E-state index in [2.05, 4.69) is 15.8 Å². The van der Waals surface area contributed by atoms with Gasteiger partial charge in [0.1, 0.15) is 23.9 Å². The first-order valence-corrected chi connectivity index (χ1v) is 10.7. The maximum absolute atomic E-state index is 13.9. The number of nitrogens with zero attached hydrogens (tertiary/aromatic N) is 1. The normalized spacial score (nSPS) is 11.0. The van der Waals surface area contributed by atoms with E-state index in [9.17, 15) is 14.0 Å². The summed E-state index contributed by atoms with van der Waals surface area (Å²) >= 11 is 11.9. The van der Waals surface area contributed by atoms with Crippen molar-refractivity contribution in [3.8, 4) is 11.5 Å². The summed E-state index contributed by atoms with van der Waals surface area (Å²) < 4.78 is 24.6. The fraction of sp³-hybridized carbons (Fsp3) is 0.125. The number of amides is 2. The van der Waals surface area contributed by atoms with Crippen LogP contribution in [0, 0.1) is 5.82 Å². The zero-order valence-corrected chi connectivity index (χ0v) is 19.7. The number of anilines is 1. The van der Waals surface area contributed by atoms with E-state index in [-0.39, 0.29) is 22.9 Å². The molecule has 176 valence electrons. The average molecular weight is 504 g/mol. The van der Waals surface area contributed by atoms with E-state index in [4.69, 9.17) is 32.7 Å². The van der Waals surface area contributed by atoms with Crippen molar-refractivity contribution in [1.82, 2.24) is 5.43 Å². The summed E-state index contributed by atoms with van der Waals surface area (Å²) in [5.74, 6) is -1.50. The average Bonchev–Trinajstić information content (AvgIpc) is 2.82. The van der Waals surface area contributed by atoms with Crippen LogP contribution >= 0.6 is 23.2 Å². The SMILES string of the molecule is COc1ccc(Cl)cc1NC(=O)C(=O)NN=C(C)c1ccc(OCc2c(F)cccc2Cl)cc1. The van der Waals surface area contributed by atoms with Crippen molar-refractivity contribution in [2.75, 3.05) is 12.4 Å². The lowest BCUT2D eigenvalue weighted by Crippen LogP contribution is -2.33. The van der Waals surface area contributed by atoms with Crippen molar-refractivity contribution < 1.29 is 23.5 Å². The van der Waals surface area contributed by atoms with Gasteiger partial charge in [-0.25, -0.2) is 9.82 Å². The Labute approximate surface area is 205 Å². The molecule has 2 amide bonds. The summed E-state index contributed by atoms with van der Waals surface area (Å²) in [5.41, 5.74) is 3.85. The molecule has 0 aromatic heterocycles. The van der Waals surface area contributed by atoms with E-state index in [1.807, 2.05) is 0 Å². The van der Waals surface area contributed by atoms with E-state index in [1.165, 1.54) is 25.3 Å². The van der Waals surface area contributed by atoms with Crippen LogP contribution in [0.1, 0.15) is 18.1 Å². The van der Waals surface area contributed by atoms with E-state index in [1.54, 1.807) is 49.4 Å². The predicted octanol–water partition coefficient (Wildman–Crippen LogP) is 5.20. The first-order valence-electron chi connectivity index (χ1n) is 9.93. The second kappa shape index (κ2) is 11.5. The van der Waals surface area contributed by atoms with E-state index in [0.717, 1.165) is 0 Å². The first-order chi connectivity index (χ1) is 16.3.